The fourth-order valence-corrected chi connectivity index (χ4v) is 5.01. The van der Waals surface area contributed by atoms with Crippen LogP contribution in [-0.2, 0) is 4.79 Å². The van der Waals surface area contributed by atoms with Gasteiger partial charge in [0.15, 0.2) is 11.5 Å². The summed E-state index contributed by atoms with van der Waals surface area (Å²) in [6, 6.07) is 10.1. The second-order valence-corrected chi connectivity index (χ2v) is 9.61. The maximum absolute atomic E-state index is 12.2. The van der Waals surface area contributed by atoms with Gasteiger partial charge in [-0.3, -0.25) is 14.9 Å². The van der Waals surface area contributed by atoms with Gasteiger partial charge in [-0.2, -0.15) is 5.10 Å². The second kappa shape index (κ2) is 10.0. The zero-order chi connectivity index (χ0) is 25.2. The van der Waals surface area contributed by atoms with E-state index in [1.54, 1.807) is 12.4 Å². The number of hydrogen-bond acceptors (Lipinski definition) is 6. The van der Waals surface area contributed by atoms with E-state index in [1.165, 1.54) is 19.3 Å². The number of amides is 1. The fraction of sp³-hybridized carbons (Fsp3) is 0.321. The Hall–Kier alpha value is -4.27. The van der Waals surface area contributed by atoms with Gasteiger partial charge in [0.2, 0.25) is 5.91 Å². The summed E-state index contributed by atoms with van der Waals surface area (Å²) >= 11 is 0. The smallest absolute Gasteiger partial charge is 0.224 e. The largest absolute Gasteiger partial charge is 0.370 e. The molecule has 1 aromatic carbocycles. The van der Waals surface area contributed by atoms with E-state index in [4.69, 9.17) is 4.98 Å². The number of nitrogens with zero attached hydrogens (tertiary/aromatic N) is 5. The molecule has 5 aromatic rings. The lowest BCUT2D eigenvalue weighted by Gasteiger charge is -2.28. The maximum atomic E-state index is 12.2. The molecule has 1 saturated heterocycles. The number of rotatable bonds is 7. The fourth-order valence-electron chi connectivity index (χ4n) is 5.01. The van der Waals surface area contributed by atoms with E-state index in [0.29, 0.717) is 23.6 Å². The van der Waals surface area contributed by atoms with E-state index in [9.17, 15) is 4.79 Å². The Morgan fingerprint density at radius 3 is 2.84 bits per heavy atom. The summed E-state index contributed by atoms with van der Waals surface area (Å²) in [6.07, 6.45) is 11.4. The molecule has 0 aliphatic carbocycles. The Morgan fingerprint density at radius 2 is 1.97 bits per heavy atom. The minimum absolute atomic E-state index is 0.00999. The Labute approximate surface area is 214 Å². The normalized spacial score (nSPS) is 13.9. The molecule has 0 unspecified atom stereocenters. The minimum Gasteiger partial charge on any atom is -0.370 e. The molecule has 1 aliphatic rings. The molecule has 0 atom stereocenters. The highest BCUT2D eigenvalue weighted by atomic mass is 16.1. The number of aromatic amines is 2. The van der Waals surface area contributed by atoms with Crippen molar-refractivity contribution >= 4 is 39.3 Å². The molecule has 0 bridgehead atoms. The Morgan fingerprint density at radius 1 is 1.08 bits per heavy atom. The van der Waals surface area contributed by atoms with Gasteiger partial charge in [0.25, 0.3) is 0 Å². The van der Waals surface area contributed by atoms with Gasteiger partial charge in [-0.15, -0.1) is 0 Å². The molecule has 4 aromatic heterocycles. The van der Waals surface area contributed by atoms with Crippen LogP contribution in [0.3, 0.4) is 0 Å². The third-order valence-electron chi connectivity index (χ3n) is 6.97. The highest BCUT2D eigenvalue weighted by molar-refractivity contribution is 5.97. The lowest BCUT2D eigenvalue weighted by molar-refractivity contribution is -0.116. The average Bonchev–Trinajstić information content (AvgIpc) is 3.56. The standard InChI is InChI=1S/C28H30N8O/c1-2-3-7-24(37)31-20-14-19(16-29-17-20)18-8-9-22-21(15-18)25(35-34-22)28-32-26-23(10-11-30-27(26)33-28)36-12-5-4-6-13-36/h8-11,14-17H,2-7,12-13H2,1H3,(H,31,37)(H,34,35)(H,30,32,33). The molecule has 0 saturated carbocycles. The van der Waals surface area contributed by atoms with E-state index >= 15 is 0 Å². The molecular formula is C28H30N8O. The highest BCUT2D eigenvalue weighted by Crippen LogP contribution is 2.33. The van der Waals surface area contributed by atoms with Crippen LogP contribution in [0.2, 0.25) is 0 Å². The predicted octanol–water partition coefficient (Wildman–Crippen LogP) is 5.68. The molecule has 1 fully saturated rings. The number of carbonyl (C=O) groups excluding carboxylic acids is 1. The SMILES string of the molecule is CCCCC(=O)Nc1cncc(-c2ccc3[nH]nc(-c4nc5nccc(N6CCCCC6)c5[nH]4)c3c2)c1. The van der Waals surface area contributed by atoms with E-state index < -0.39 is 0 Å². The summed E-state index contributed by atoms with van der Waals surface area (Å²) in [4.78, 5) is 31.8. The van der Waals surface area contributed by atoms with Gasteiger partial charge in [0, 0.05) is 42.9 Å². The molecule has 1 aliphatic heterocycles. The molecule has 6 rings (SSSR count). The number of unbranched alkanes of at least 4 members (excludes halogenated alkanes) is 1. The zero-order valence-electron chi connectivity index (χ0n) is 20.9. The van der Waals surface area contributed by atoms with Gasteiger partial charge in [0.1, 0.15) is 11.2 Å². The number of benzene rings is 1. The minimum atomic E-state index is 0.00999. The van der Waals surface area contributed by atoms with Crippen LogP contribution in [0.5, 0.6) is 0 Å². The van der Waals surface area contributed by atoms with Crippen molar-refractivity contribution < 1.29 is 4.79 Å². The molecule has 3 N–H and O–H groups in total. The van der Waals surface area contributed by atoms with Crippen molar-refractivity contribution in [1.82, 2.24) is 30.1 Å². The van der Waals surface area contributed by atoms with Crippen LogP contribution in [0, 0.1) is 0 Å². The zero-order valence-corrected chi connectivity index (χ0v) is 20.9. The number of H-pyrrole nitrogens is 2. The maximum Gasteiger partial charge on any atom is 0.224 e. The number of fused-ring (bicyclic) bond motifs is 2. The molecule has 5 heterocycles. The van der Waals surface area contributed by atoms with Crippen molar-refractivity contribution in [3.8, 4) is 22.6 Å². The van der Waals surface area contributed by atoms with Crippen LogP contribution < -0.4 is 10.2 Å². The van der Waals surface area contributed by atoms with E-state index in [0.717, 1.165) is 64.9 Å². The second-order valence-electron chi connectivity index (χ2n) is 9.61. The Balaban J connectivity index is 1.34. The lowest BCUT2D eigenvalue weighted by Crippen LogP contribution is -2.29. The third kappa shape index (κ3) is 4.64. The van der Waals surface area contributed by atoms with Gasteiger partial charge < -0.3 is 15.2 Å². The molecule has 37 heavy (non-hydrogen) atoms. The van der Waals surface area contributed by atoms with Gasteiger partial charge in [0.05, 0.1) is 23.1 Å². The number of anilines is 2. The van der Waals surface area contributed by atoms with E-state index in [-0.39, 0.29) is 5.91 Å². The van der Waals surface area contributed by atoms with Crippen molar-refractivity contribution in [3.05, 3.63) is 48.9 Å². The van der Waals surface area contributed by atoms with Crippen molar-refractivity contribution in [2.45, 2.75) is 45.4 Å². The van der Waals surface area contributed by atoms with Crippen molar-refractivity contribution in [3.63, 3.8) is 0 Å². The van der Waals surface area contributed by atoms with Gasteiger partial charge in [-0.05, 0) is 55.5 Å². The van der Waals surface area contributed by atoms with E-state index in [1.807, 2.05) is 24.4 Å². The predicted molar refractivity (Wildman–Crippen MR) is 146 cm³/mol. The third-order valence-corrected chi connectivity index (χ3v) is 6.97. The molecule has 1 amide bonds. The molecule has 0 radical (unpaired) electrons. The highest BCUT2D eigenvalue weighted by Gasteiger charge is 2.19. The summed E-state index contributed by atoms with van der Waals surface area (Å²) in [5.74, 6) is 0.696. The van der Waals surface area contributed by atoms with Crippen LogP contribution in [0.25, 0.3) is 44.7 Å². The number of imidazole rings is 1. The Bertz CT molecular complexity index is 1560. The van der Waals surface area contributed by atoms with Crippen LogP contribution in [-0.4, -0.2) is 49.1 Å². The first kappa shape index (κ1) is 23.1. The van der Waals surface area contributed by atoms with Crippen molar-refractivity contribution in [2.75, 3.05) is 23.3 Å². The molecular weight excluding hydrogens is 464 g/mol. The molecule has 9 heteroatoms. The van der Waals surface area contributed by atoms with Gasteiger partial charge in [-0.25, -0.2) is 9.97 Å². The summed E-state index contributed by atoms with van der Waals surface area (Å²) < 4.78 is 0. The number of pyridine rings is 2. The Kier molecular flexibility index (Phi) is 6.26. The van der Waals surface area contributed by atoms with E-state index in [2.05, 4.69) is 54.4 Å². The molecule has 188 valence electrons. The first-order valence-corrected chi connectivity index (χ1v) is 13.0. The van der Waals surface area contributed by atoms with Crippen LogP contribution in [0.4, 0.5) is 11.4 Å². The van der Waals surface area contributed by atoms with Crippen LogP contribution in [0.1, 0.15) is 45.4 Å². The monoisotopic (exact) mass is 494 g/mol. The lowest BCUT2D eigenvalue weighted by atomic mass is 10.0. The first-order valence-electron chi connectivity index (χ1n) is 13.0. The van der Waals surface area contributed by atoms with Crippen molar-refractivity contribution in [1.29, 1.82) is 0 Å². The number of nitrogens with one attached hydrogen (secondary N) is 3. The summed E-state index contributed by atoms with van der Waals surface area (Å²) in [5, 5.41) is 11.6. The molecule has 9 nitrogen and oxygen atoms in total. The van der Waals surface area contributed by atoms with Crippen molar-refractivity contribution in [2.24, 2.45) is 0 Å². The first-order chi connectivity index (χ1) is 18.2. The summed E-state index contributed by atoms with van der Waals surface area (Å²) in [5.41, 5.74) is 7.05. The van der Waals surface area contributed by atoms with Gasteiger partial charge >= 0.3 is 0 Å². The number of carbonyl (C=O) groups is 1. The number of hydrogen-bond donors (Lipinski definition) is 3. The number of aromatic nitrogens is 6. The topological polar surface area (TPSA) is 115 Å². The number of piperidine rings is 1. The quantitative estimate of drug-likeness (QED) is 0.268. The summed E-state index contributed by atoms with van der Waals surface area (Å²) in [6.45, 7) is 4.17. The van der Waals surface area contributed by atoms with Crippen LogP contribution >= 0.6 is 0 Å². The average molecular weight is 495 g/mol. The summed E-state index contributed by atoms with van der Waals surface area (Å²) in [7, 11) is 0. The molecule has 0 spiro atoms. The van der Waals surface area contributed by atoms with Gasteiger partial charge in [-0.1, -0.05) is 19.4 Å². The van der Waals surface area contributed by atoms with Crippen LogP contribution in [0.15, 0.2) is 48.9 Å².